The third-order valence-corrected chi connectivity index (χ3v) is 4.64. The molecule has 0 aliphatic rings. The molecule has 0 unspecified atom stereocenters. The summed E-state index contributed by atoms with van der Waals surface area (Å²) >= 11 is 0. The molecule has 1 aromatic heterocycles. The second-order valence-corrected chi connectivity index (χ2v) is 7.63. The predicted octanol–water partition coefficient (Wildman–Crippen LogP) is 5.80. The Morgan fingerprint density at radius 2 is 1.84 bits per heavy atom. The topological polar surface area (TPSA) is 76.1 Å². The van der Waals surface area contributed by atoms with Crippen LogP contribution < -0.4 is 15.4 Å². The van der Waals surface area contributed by atoms with Crippen molar-refractivity contribution >= 4 is 28.3 Å². The Balaban J connectivity index is 1.57. The van der Waals surface area contributed by atoms with Gasteiger partial charge in [0, 0.05) is 29.6 Å². The fraction of sp³-hybridized carbons (Fsp3) is 0.160. The zero-order chi connectivity index (χ0) is 21.8. The Kier molecular flexibility index (Phi) is 5.80. The van der Waals surface area contributed by atoms with Gasteiger partial charge in [0.25, 0.3) is 5.91 Å². The molecule has 0 saturated carbocycles. The minimum absolute atomic E-state index is 0.148. The van der Waals surface area contributed by atoms with Gasteiger partial charge in [-0.3, -0.25) is 4.79 Å². The standard InChI is InChI=1S/C25H24N4O2/c1-16(2)27-25-26-13-12-23(29-25)31-20-10-11-21-18(15-20)7-5-9-22(21)24(30)28-19-8-4-6-17(3)14-19/h4-16H,1-3H3,(H,28,30)(H,26,27,29). The molecule has 4 aromatic rings. The average molecular weight is 412 g/mol. The molecule has 0 saturated heterocycles. The first-order chi connectivity index (χ1) is 15.0. The average Bonchev–Trinajstić information content (AvgIpc) is 2.73. The molecule has 6 nitrogen and oxygen atoms in total. The molecule has 0 radical (unpaired) electrons. The Bertz CT molecular complexity index is 1240. The van der Waals surface area contributed by atoms with Crippen molar-refractivity contribution in [3.8, 4) is 11.6 Å². The summed E-state index contributed by atoms with van der Waals surface area (Å²) in [7, 11) is 0. The van der Waals surface area contributed by atoms with Crippen molar-refractivity contribution in [1.29, 1.82) is 0 Å². The summed E-state index contributed by atoms with van der Waals surface area (Å²) in [4.78, 5) is 21.4. The Morgan fingerprint density at radius 1 is 1.00 bits per heavy atom. The van der Waals surface area contributed by atoms with Crippen LogP contribution in [0.15, 0.2) is 72.9 Å². The van der Waals surface area contributed by atoms with Gasteiger partial charge in [0.05, 0.1) is 0 Å². The number of hydrogen-bond acceptors (Lipinski definition) is 5. The van der Waals surface area contributed by atoms with Crippen LogP contribution >= 0.6 is 0 Å². The highest BCUT2D eigenvalue weighted by Crippen LogP contribution is 2.27. The normalized spacial score (nSPS) is 10.8. The van der Waals surface area contributed by atoms with Gasteiger partial charge in [0.2, 0.25) is 11.8 Å². The van der Waals surface area contributed by atoms with Gasteiger partial charge >= 0.3 is 0 Å². The lowest BCUT2D eigenvalue weighted by Crippen LogP contribution is -2.12. The lowest BCUT2D eigenvalue weighted by Gasteiger charge is -2.11. The zero-order valence-electron chi connectivity index (χ0n) is 17.7. The summed E-state index contributed by atoms with van der Waals surface area (Å²) in [6, 6.07) is 20.9. The summed E-state index contributed by atoms with van der Waals surface area (Å²) in [6.07, 6.45) is 1.65. The molecular weight excluding hydrogens is 388 g/mol. The van der Waals surface area contributed by atoms with Crippen LogP contribution in [0.25, 0.3) is 10.8 Å². The van der Waals surface area contributed by atoms with Crippen LogP contribution in [0.3, 0.4) is 0 Å². The lowest BCUT2D eigenvalue weighted by atomic mass is 10.0. The molecule has 1 heterocycles. The van der Waals surface area contributed by atoms with Gasteiger partial charge in [0.15, 0.2) is 0 Å². The van der Waals surface area contributed by atoms with Gasteiger partial charge < -0.3 is 15.4 Å². The number of amides is 1. The maximum Gasteiger partial charge on any atom is 0.256 e. The summed E-state index contributed by atoms with van der Waals surface area (Å²) in [5.74, 6) is 1.46. The van der Waals surface area contributed by atoms with Gasteiger partial charge in [-0.1, -0.05) is 24.3 Å². The quantitative estimate of drug-likeness (QED) is 0.418. The number of hydrogen-bond donors (Lipinski definition) is 2. The molecule has 0 bridgehead atoms. The van der Waals surface area contributed by atoms with Crippen molar-refractivity contribution in [2.24, 2.45) is 0 Å². The van der Waals surface area contributed by atoms with E-state index in [2.05, 4.69) is 20.6 Å². The van der Waals surface area contributed by atoms with E-state index in [1.54, 1.807) is 12.3 Å². The van der Waals surface area contributed by atoms with Crippen LogP contribution in [-0.2, 0) is 0 Å². The first-order valence-corrected chi connectivity index (χ1v) is 10.2. The van der Waals surface area contributed by atoms with Gasteiger partial charge in [0.1, 0.15) is 5.75 Å². The first-order valence-electron chi connectivity index (χ1n) is 10.2. The summed E-state index contributed by atoms with van der Waals surface area (Å²) < 4.78 is 5.93. The second-order valence-electron chi connectivity index (χ2n) is 7.63. The molecule has 0 aliphatic carbocycles. The van der Waals surface area contributed by atoms with E-state index in [4.69, 9.17) is 4.74 Å². The summed E-state index contributed by atoms with van der Waals surface area (Å²) in [5.41, 5.74) is 2.47. The van der Waals surface area contributed by atoms with E-state index < -0.39 is 0 Å². The molecule has 0 aliphatic heterocycles. The van der Waals surface area contributed by atoms with Crippen LogP contribution in [0.2, 0.25) is 0 Å². The van der Waals surface area contributed by atoms with E-state index in [1.807, 2.05) is 81.4 Å². The number of rotatable bonds is 6. The largest absolute Gasteiger partial charge is 0.439 e. The molecule has 6 heteroatoms. The SMILES string of the molecule is Cc1cccc(NC(=O)c2cccc3cc(Oc4ccnc(NC(C)C)n4)ccc23)c1. The highest BCUT2D eigenvalue weighted by atomic mass is 16.5. The van der Waals surface area contributed by atoms with E-state index in [0.717, 1.165) is 22.0 Å². The molecule has 0 atom stereocenters. The van der Waals surface area contributed by atoms with E-state index in [-0.39, 0.29) is 11.9 Å². The van der Waals surface area contributed by atoms with Crippen molar-refractivity contribution < 1.29 is 9.53 Å². The van der Waals surface area contributed by atoms with Gasteiger partial charge in [-0.25, -0.2) is 4.98 Å². The number of fused-ring (bicyclic) bond motifs is 1. The van der Waals surface area contributed by atoms with Crippen molar-refractivity contribution in [3.05, 3.63) is 84.1 Å². The highest BCUT2D eigenvalue weighted by molar-refractivity contribution is 6.13. The van der Waals surface area contributed by atoms with E-state index in [9.17, 15) is 4.79 Å². The molecule has 1 amide bonds. The van der Waals surface area contributed by atoms with Gasteiger partial charge in [-0.05, 0) is 73.5 Å². The first kappa shape index (κ1) is 20.3. The van der Waals surface area contributed by atoms with Crippen molar-refractivity contribution in [1.82, 2.24) is 9.97 Å². The molecule has 0 fully saturated rings. The number of aromatic nitrogens is 2. The van der Waals surface area contributed by atoms with Crippen LogP contribution in [0, 0.1) is 6.92 Å². The molecule has 4 rings (SSSR count). The number of carbonyl (C=O) groups is 1. The maximum atomic E-state index is 12.9. The number of nitrogens with one attached hydrogen (secondary N) is 2. The third kappa shape index (κ3) is 4.98. The lowest BCUT2D eigenvalue weighted by molar-refractivity contribution is 0.102. The van der Waals surface area contributed by atoms with Crippen molar-refractivity contribution in [2.45, 2.75) is 26.8 Å². The fourth-order valence-corrected chi connectivity index (χ4v) is 3.29. The van der Waals surface area contributed by atoms with Gasteiger partial charge in [-0.2, -0.15) is 4.98 Å². The molecule has 156 valence electrons. The number of benzene rings is 3. The molecule has 31 heavy (non-hydrogen) atoms. The molecule has 0 spiro atoms. The maximum absolute atomic E-state index is 12.9. The number of nitrogens with zero attached hydrogens (tertiary/aromatic N) is 2. The molecule has 3 aromatic carbocycles. The zero-order valence-corrected chi connectivity index (χ0v) is 17.7. The second kappa shape index (κ2) is 8.83. The third-order valence-electron chi connectivity index (χ3n) is 4.64. The van der Waals surface area contributed by atoms with Crippen LogP contribution in [0.5, 0.6) is 11.6 Å². The van der Waals surface area contributed by atoms with Gasteiger partial charge in [-0.15, -0.1) is 0 Å². The number of aryl methyl sites for hydroxylation is 1. The number of anilines is 2. The van der Waals surface area contributed by atoms with E-state index >= 15 is 0 Å². The minimum atomic E-state index is -0.148. The molecular formula is C25H24N4O2. The van der Waals surface area contributed by atoms with Crippen LogP contribution in [-0.4, -0.2) is 21.9 Å². The van der Waals surface area contributed by atoms with Crippen LogP contribution in [0.1, 0.15) is 29.8 Å². The number of carbonyl (C=O) groups excluding carboxylic acids is 1. The van der Waals surface area contributed by atoms with Crippen molar-refractivity contribution in [3.63, 3.8) is 0 Å². The number of ether oxygens (including phenoxy) is 1. The van der Waals surface area contributed by atoms with Crippen molar-refractivity contribution in [2.75, 3.05) is 10.6 Å². The van der Waals surface area contributed by atoms with E-state index in [0.29, 0.717) is 23.1 Å². The fourth-order valence-electron chi connectivity index (χ4n) is 3.29. The van der Waals surface area contributed by atoms with E-state index in [1.165, 1.54) is 0 Å². The minimum Gasteiger partial charge on any atom is -0.439 e. The highest BCUT2D eigenvalue weighted by Gasteiger charge is 2.12. The van der Waals surface area contributed by atoms with Crippen LogP contribution in [0.4, 0.5) is 11.6 Å². The molecule has 2 N–H and O–H groups in total. The Hall–Kier alpha value is -3.93. The Morgan fingerprint density at radius 3 is 2.65 bits per heavy atom. The predicted molar refractivity (Wildman–Crippen MR) is 124 cm³/mol. The monoisotopic (exact) mass is 412 g/mol. The Labute approximate surface area is 181 Å². The smallest absolute Gasteiger partial charge is 0.256 e. The summed E-state index contributed by atoms with van der Waals surface area (Å²) in [5, 5.41) is 7.89. The summed E-state index contributed by atoms with van der Waals surface area (Å²) in [6.45, 7) is 6.04.